The van der Waals surface area contributed by atoms with E-state index in [2.05, 4.69) is 9.97 Å². The van der Waals surface area contributed by atoms with Gasteiger partial charge in [0.05, 0.1) is 5.56 Å². The van der Waals surface area contributed by atoms with Crippen LogP contribution >= 0.6 is 0 Å². The van der Waals surface area contributed by atoms with Crippen molar-refractivity contribution < 1.29 is 9.90 Å². The van der Waals surface area contributed by atoms with Gasteiger partial charge in [-0.05, 0) is 18.2 Å². The number of carboxylic acids is 1. The Hall–Kier alpha value is -2.23. The minimum Gasteiger partial charge on any atom is -0.478 e. The molecule has 0 radical (unpaired) electrons. The second-order valence-corrected chi connectivity index (χ2v) is 2.58. The van der Waals surface area contributed by atoms with Crippen molar-refractivity contribution >= 4 is 5.97 Å². The van der Waals surface area contributed by atoms with Gasteiger partial charge < -0.3 is 5.11 Å². The maximum atomic E-state index is 10.2. The van der Waals surface area contributed by atoms with Crippen LogP contribution < -0.4 is 0 Å². The molecular weight excluding hydrogens is 192 g/mol. The predicted octanol–water partition coefficient (Wildman–Crippen LogP) is 1.86. The Morgan fingerprint density at radius 3 is 1.87 bits per heavy atom. The number of aromatic carboxylic acids is 1. The average Bonchev–Trinajstić information content (AvgIpc) is 2.33. The van der Waals surface area contributed by atoms with Gasteiger partial charge in [-0.15, -0.1) is 0 Å². The maximum Gasteiger partial charge on any atom is 0.335 e. The Kier molecular flexibility index (Phi) is 4.53. The number of benzene rings is 1. The van der Waals surface area contributed by atoms with Crippen molar-refractivity contribution in [1.29, 1.82) is 0 Å². The van der Waals surface area contributed by atoms with Crippen molar-refractivity contribution in [3.05, 3.63) is 60.7 Å². The molecule has 1 aromatic carbocycles. The van der Waals surface area contributed by atoms with E-state index in [1.165, 1.54) is 6.33 Å². The topological polar surface area (TPSA) is 63.1 Å². The van der Waals surface area contributed by atoms with Gasteiger partial charge in [-0.3, -0.25) is 0 Å². The molecule has 76 valence electrons. The van der Waals surface area contributed by atoms with Gasteiger partial charge >= 0.3 is 5.97 Å². The highest BCUT2D eigenvalue weighted by molar-refractivity contribution is 5.87. The van der Waals surface area contributed by atoms with Gasteiger partial charge in [0.15, 0.2) is 0 Å². The van der Waals surface area contributed by atoms with E-state index in [-0.39, 0.29) is 0 Å². The van der Waals surface area contributed by atoms with E-state index in [9.17, 15) is 4.79 Å². The van der Waals surface area contributed by atoms with Crippen LogP contribution in [-0.2, 0) is 0 Å². The van der Waals surface area contributed by atoms with Crippen LogP contribution in [0, 0.1) is 0 Å². The molecule has 4 nitrogen and oxygen atoms in total. The molecule has 2 rings (SSSR count). The molecule has 15 heavy (non-hydrogen) atoms. The zero-order valence-corrected chi connectivity index (χ0v) is 7.95. The molecule has 0 bridgehead atoms. The number of aromatic nitrogens is 2. The van der Waals surface area contributed by atoms with E-state index in [0.717, 1.165) is 0 Å². The van der Waals surface area contributed by atoms with Crippen LogP contribution in [0.1, 0.15) is 10.4 Å². The summed E-state index contributed by atoms with van der Waals surface area (Å²) in [6, 6.07) is 10.1. The zero-order valence-electron chi connectivity index (χ0n) is 7.95. The van der Waals surface area contributed by atoms with Gasteiger partial charge in [0.1, 0.15) is 6.33 Å². The first-order chi connectivity index (χ1) is 7.30. The van der Waals surface area contributed by atoms with Gasteiger partial charge in [-0.1, -0.05) is 18.2 Å². The number of carbonyl (C=O) groups is 1. The second kappa shape index (κ2) is 6.26. The van der Waals surface area contributed by atoms with E-state index < -0.39 is 5.97 Å². The lowest BCUT2D eigenvalue weighted by atomic mass is 10.2. The normalized spacial score (nSPS) is 8.53. The summed E-state index contributed by atoms with van der Waals surface area (Å²) in [6.07, 6.45) is 4.88. The molecule has 0 amide bonds. The Morgan fingerprint density at radius 2 is 1.60 bits per heavy atom. The quantitative estimate of drug-likeness (QED) is 0.766. The third-order valence-corrected chi connectivity index (χ3v) is 1.50. The van der Waals surface area contributed by atoms with Gasteiger partial charge in [0.25, 0.3) is 0 Å². The average molecular weight is 202 g/mol. The van der Waals surface area contributed by atoms with Crippen LogP contribution in [0.25, 0.3) is 0 Å². The molecule has 0 atom stereocenters. The van der Waals surface area contributed by atoms with Gasteiger partial charge in [0, 0.05) is 12.4 Å². The highest BCUT2D eigenvalue weighted by Gasteiger charge is 1.96. The SMILES string of the molecule is O=C(O)c1ccccc1.c1cncnc1. The summed E-state index contributed by atoms with van der Waals surface area (Å²) in [6.45, 7) is 0. The Bertz CT molecular complexity index is 363. The molecule has 0 aliphatic rings. The number of rotatable bonds is 1. The van der Waals surface area contributed by atoms with Crippen LogP contribution in [-0.4, -0.2) is 21.0 Å². The number of hydrogen-bond donors (Lipinski definition) is 1. The fourth-order valence-corrected chi connectivity index (χ4v) is 0.834. The van der Waals surface area contributed by atoms with E-state index >= 15 is 0 Å². The highest BCUT2D eigenvalue weighted by atomic mass is 16.4. The van der Waals surface area contributed by atoms with E-state index in [1.54, 1.807) is 48.8 Å². The van der Waals surface area contributed by atoms with E-state index in [1.807, 2.05) is 0 Å². The smallest absolute Gasteiger partial charge is 0.335 e. The van der Waals surface area contributed by atoms with Crippen molar-refractivity contribution in [2.45, 2.75) is 0 Å². The fraction of sp³-hybridized carbons (Fsp3) is 0. The van der Waals surface area contributed by atoms with Crippen molar-refractivity contribution in [3.63, 3.8) is 0 Å². The third-order valence-electron chi connectivity index (χ3n) is 1.50. The zero-order chi connectivity index (χ0) is 10.9. The molecule has 0 unspecified atom stereocenters. The highest BCUT2D eigenvalue weighted by Crippen LogP contribution is 1.96. The van der Waals surface area contributed by atoms with Crippen LogP contribution in [0.2, 0.25) is 0 Å². The summed E-state index contributed by atoms with van der Waals surface area (Å²) < 4.78 is 0. The predicted molar refractivity (Wildman–Crippen MR) is 55.4 cm³/mol. The third kappa shape index (κ3) is 4.52. The molecule has 0 saturated heterocycles. The molecule has 1 N–H and O–H groups in total. The van der Waals surface area contributed by atoms with Gasteiger partial charge in [-0.2, -0.15) is 0 Å². The molecule has 1 heterocycles. The van der Waals surface area contributed by atoms with Crippen LogP contribution in [0.5, 0.6) is 0 Å². The van der Waals surface area contributed by atoms with Crippen LogP contribution in [0.3, 0.4) is 0 Å². The van der Waals surface area contributed by atoms with Gasteiger partial charge in [-0.25, -0.2) is 14.8 Å². The molecule has 2 aromatic rings. The second-order valence-electron chi connectivity index (χ2n) is 2.58. The summed E-state index contributed by atoms with van der Waals surface area (Å²) in [5.74, 6) is -0.879. The Labute approximate surface area is 87.3 Å². The first-order valence-electron chi connectivity index (χ1n) is 4.29. The summed E-state index contributed by atoms with van der Waals surface area (Å²) in [4.78, 5) is 17.5. The van der Waals surface area contributed by atoms with Crippen molar-refractivity contribution in [2.75, 3.05) is 0 Å². The van der Waals surface area contributed by atoms with E-state index in [0.29, 0.717) is 5.56 Å². The lowest BCUT2D eigenvalue weighted by Crippen LogP contribution is -1.93. The summed E-state index contributed by atoms with van der Waals surface area (Å²) >= 11 is 0. The van der Waals surface area contributed by atoms with Crippen molar-refractivity contribution in [3.8, 4) is 0 Å². The number of carboxylic acid groups (broad SMARTS) is 1. The molecule has 0 spiro atoms. The van der Waals surface area contributed by atoms with Gasteiger partial charge in [0.2, 0.25) is 0 Å². The molecule has 0 aliphatic carbocycles. The first kappa shape index (κ1) is 10.8. The van der Waals surface area contributed by atoms with Crippen molar-refractivity contribution in [2.24, 2.45) is 0 Å². The lowest BCUT2D eigenvalue weighted by molar-refractivity contribution is 0.0697. The maximum absolute atomic E-state index is 10.2. The molecule has 0 aliphatic heterocycles. The Balaban J connectivity index is 0.000000162. The number of nitrogens with zero attached hydrogens (tertiary/aromatic N) is 2. The largest absolute Gasteiger partial charge is 0.478 e. The van der Waals surface area contributed by atoms with Crippen LogP contribution in [0.4, 0.5) is 0 Å². The Morgan fingerprint density at radius 1 is 1.00 bits per heavy atom. The monoisotopic (exact) mass is 202 g/mol. The minimum absolute atomic E-state index is 0.331. The fourth-order valence-electron chi connectivity index (χ4n) is 0.834. The summed E-state index contributed by atoms with van der Waals surface area (Å²) in [7, 11) is 0. The molecule has 1 aromatic heterocycles. The summed E-state index contributed by atoms with van der Waals surface area (Å²) in [5, 5.41) is 8.38. The molecule has 0 fully saturated rings. The first-order valence-corrected chi connectivity index (χ1v) is 4.29. The van der Waals surface area contributed by atoms with Crippen LogP contribution in [0.15, 0.2) is 55.1 Å². The number of hydrogen-bond acceptors (Lipinski definition) is 3. The summed E-state index contributed by atoms with van der Waals surface area (Å²) in [5.41, 5.74) is 0.331. The lowest BCUT2D eigenvalue weighted by Gasteiger charge is -1.88. The molecule has 4 heteroatoms. The molecule has 0 saturated carbocycles. The molecular formula is C11H10N2O2. The minimum atomic E-state index is -0.879. The standard InChI is InChI=1S/C7H6O2.C4H4N2/c8-7(9)6-4-2-1-3-5-6;1-2-5-4-6-3-1/h1-5H,(H,8,9);1-4H. The van der Waals surface area contributed by atoms with Crippen molar-refractivity contribution in [1.82, 2.24) is 9.97 Å². The van der Waals surface area contributed by atoms with E-state index in [4.69, 9.17) is 5.11 Å².